The van der Waals surface area contributed by atoms with E-state index in [0.717, 1.165) is 31.2 Å². The molecule has 0 bridgehead atoms. The number of nitrogens with one attached hydrogen (secondary N) is 4. The zero-order valence-electron chi connectivity index (χ0n) is 32.6. The summed E-state index contributed by atoms with van der Waals surface area (Å²) < 4.78 is 21.0. The van der Waals surface area contributed by atoms with E-state index >= 15 is 0 Å². The Morgan fingerprint density at radius 2 is 1.14 bits per heavy atom. The van der Waals surface area contributed by atoms with E-state index in [1.165, 1.54) is 11.1 Å². The highest BCUT2D eigenvalue weighted by atomic mass is 16.7. The van der Waals surface area contributed by atoms with Crippen molar-refractivity contribution in [3.05, 3.63) is 71.3 Å². The Kier molecular flexibility index (Phi) is 27.0. The molecule has 0 aliphatic carbocycles. The van der Waals surface area contributed by atoms with Crippen molar-refractivity contribution < 1.29 is 47.8 Å². The van der Waals surface area contributed by atoms with Crippen molar-refractivity contribution in [2.75, 3.05) is 79.0 Å². The van der Waals surface area contributed by atoms with E-state index in [-0.39, 0.29) is 64.7 Å². The number of hydrogen-bond acceptors (Lipinski definition) is 12. The number of hydrogen-bond donors (Lipinski definition) is 6. The van der Waals surface area contributed by atoms with Crippen LogP contribution in [0.5, 0.6) is 0 Å². The monoisotopic (exact) mass is 786 g/mol. The van der Waals surface area contributed by atoms with Gasteiger partial charge in [-0.3, -0.25) is 19.2 Å². The molecule has 0 aromatic heterocycles. The van der Waals surface area contributed by atoms with Crippen molar-refractivity contribution >= 4 is 29.6 Å². The van der Waals surface area contributed by atoms with Crippen LogP contribution in [-0.2, 0) is 67.0 Å². The number of hydroxylamine groups is 1. The lowest BCUT2D eigenvalue weighted by atomic mass is 10.0. The number of carbonyl (C=O) groups is 5. The fourth-order valence-corrected chi connectivity index (χ4v) is 5.27. The van der Waals surface area contributed by atoms with Crippen LogP contribution in [0.25, 0.3) is 0 Å². The van der Waals surface area contributed by atoms with E-state index in [2.05, 4.69) is 45.7 Å². The lowest BCUT2D eigenvalue weighted by Crippen LogP contribution is -2.48. The maximum atomic E-state index is 13.0. The van der Waals surface area contributed by atoms with Gasteiger partial charge in [0.05, 0.1) is 46.1 Å². The predicted molar refractivity (Wildman–Crippen MR) is 210 cm³/mol. The molecule has 0 unspecified atom stereocenters. The Hall–Kier alpha value is -4.45. The maximum Gasteiger partial charge on any atom is 0.332 e. The molecule has 0 spiro atoms. The van der Waals surface area contributed by atoms with Crippen LogP contribution in [0, 0.1) is 0 Å². The minimum Gasteiger partial charge on any atom is -0.378 e. The van der Waals surface area contributed by atoms with Crippen LogP contribution >= 0.6 is 0 Å². The van der Waals surface area contributed by atoms with Gasteiger partial charge in [-0.15, -0.1) is 0 Å². The molecule has 16 heteroatoms. The normalized spacial score (nSPS) is 11.4. The summed E-state index contributed by atoms with van der Waals surface area (Å²) in [6.07, 6.45) is 5.80. The lowest BCUT2D eigenvalue weighted by Gasteiger charge is -2.19. The second kappa shape index (κ2) is 31.7. The fourth-order valence-electron chi connectivity index (χ4n) is 5.27. The van der Waals surface area contributed by atoms with Gasteiger partial charge in [-0.05, 0) is 68.1 Å². The Balaban J connectivity index is 1.66. The Labute approximate surface area is 330 Å². The molecule has 2 aromatic carbocycles. The van der Waals surface area contributed by atoms with Crippen molar-refractivity contribution in [3.8, 4) is 0 Å². The van der Waals surface area contributed by atoms with Crippen LogP contribution in [-0.4, -0.2) is 115 Å². The molecule has 0 saturated heterocycles. The topological polar surface area (TPSA) is 232 Å². The van der Waals surface area contributed by atoms with Crippen molar-refractivity contribution in [3.63, 3.8) is 0 Å². The van der Waals surface area contributed by atoms with Gasteiger partial charge in [0.25, 0.3) is 5.91 Å². The molecule has 16 nitrogen and oxygen atoms in total. The third kappa shape index (κ3) is 24.9. The second-order valence-electron chi connectivity index (χ2n) is 13.0. The van der Waals surface area contributed by atoms with E-state index in [1.807, 2.05) is 30.3 Å². The van der Waals surface area contributed by atoms with E-state index in [0.29, 0.717) is 58.7 Å². The molecular formula is C40H62N6O10. The van der Waals surface area contributed by atoms with Gasteiger partial charge in [0, 0.05) is 32.6 Å². The molecule has 0 aliphatic heterocycles. The number of rotatable bonds is 32. The first-order valence-corrected chi connectivity index (χ1v) is 19.5. The molecule has 0 fully saturated rings. The van der Waals surface area contributed by atoms with Crippen molar-refractivity contribution in [1.82, 2.24) is 21.4 Å². The van der Waals surface area contributed by atoms with Gasteiger partial charge in [0.15, 0.2) is 0 Å². The minimum absolute atomic E-state index is 0.0548. The summed E-state index contributed by atoms with van der Waals surface area (Å²) in [5.74, 6) is -2.29. The predicted octanol–water partition coefficient (Wildman–Crippen LogP) is 1.02. The number of benzene rings is 2. The van der Waals surface area contributed by atoms with Gasteiger partial charge in [-0.1, -0.05) is 54.6 Å². The third-order valence-corrected chi connectivity index (χ3v) is 8.18. The average Bonchev–Trinajstić information content (AvgIpc) is 3.20. The molecule has 0 saturated carbocycles. The zero-order chi connectivity index (χ0) is 40.5. The zero-order valence-corrected chi connectivity index (χ0v) is 32.6. The van der Waals surface area contributed by atoms with Crippen LogP contribution in [0.1, 0.15) is 61.6 Å². The first-order chi connectivity index (χ1) is 27.3. The third-order valence-electron chi connectivity index (χ3n) is 8.18. The first-order valence-electron chi connectivity index (χ1n) is 19.5. The summed E-state index contributed by atoms with van der Waals surface area (Å²) in [4.78, 5) is 67.0. The molecule has 4 amide bonds. The smallest absolute Gasteiger partial charge is 0.332 e. The molecule has 0 radical (unpaired) electrons. The second-order valence-corrected chi connectivity index (χ2v) is 13.0. The summed E-state index contributed by atoms with van der Waals surface area (Å²) in [6.45, 7) is 2.83. The van der Waals surface area contributed by atoms with E-state index < -0.39 is 29.7 Å². The number of aryl methyl sites for hydroxylation is 2. The number of unbranched alkanes of at least 4 members (excludes halogenated alkanes) is 2. The number of ether oxygens (including phenoxy) is 4. The number of nitrogens with two attached hydrogens (primary N) is 2. The summed E-state index contributed by atoms with van der Waals surface area (Å²) in [5, 5.41) is 8.17. The van der Waals surface area contributed by atoms with Gasteiger partial charge in [-0.25, -0.2) is 4.79 Å². The highest BCUT2D eigenvalue weighted by Crippen LogP contribution is 2.11. The van der Waals surface area contributed by atoms with Crippen LogP contribution in [0.3, 0.4) is 0 Å². The molecular weight excluding hydrogens is 724 g/mol. The molecule has 312 valence electrons. The van der Waals surface area contributed by atoms with E-state index in [9.17, 15) is 24.0 Å². The Morgan fingerprint density at radius 1 is 0.571 bits per heavy atom. The highest BCUT2D eigenvalue weighted by molar-refractivity contribution is 5.88. The molecule has 2 aromatic rings. The number of amides is 4. The lowest BCUT2D eigenvalue weighted by molar-refractivity contribution is -0.158. The minimum atomic E-state index is -0.868. The molecule has 2 rings (SSSR count). The van der Waals surface area contributed by atoms with Crippen molar-refractivity contribution in [2.45, 2.75) is 70.3 Å². The Morgan fingerprint density at radius 3 is 1.79 bits per heavy atom. The van der Waals surface area contributed by atoms with E-state index in [1.54, 1.807) is 0 Å². The summed E-state index contributed by atoms with van der Waals surface area (Å²) in [6, 6.07) is 17.4. The highest BCUT2D eigenvalue weighted by Gasteiger charge is 2.20. The molecule has 0 aliphatic rings. The molecule has 8 N–H and O–H groups in total. The quantitative estimate of drug-likeness (QED) is 0.0451. The van der Waals surface area contributed by atoms with Gasteiger partial charge < -0.3 is 51.2 Å². The SMILES string of the molecule is NCCOCCOCC(=O)NCCCC[C@H](NC(=O)COCCOCCN)C(=O)NCCCC(=O)ONC(=O)Cc1ccc(CCCCc2ccccc2)cc1. The average molecular weight is 787 g/mol. The van der Waals surface area contributed by atoms with Gasteiger partial charge in [0.2, 0.25) is 17.7 Å². The van der Waals surface area contributed by atoms with Crippen molar-refractivity contribution in [1.29, 1.82) is 0 Å². The molecule has 1 atom stereocenters. The standard InChI is InChI=1S/C40H62N6O10/c41-19-23-52-25-27-54-30-37(48)43-21-7-6-13-35(45-38(49)31-55-28-26-53-24-20-42)40(51)44-22-8-14-39(50)56-46-36(47)29-34-17-15-33(16-18-34)12-5-4-11-32-9-2-1-3-10-32/h1-3,9-10,15-18,35H,4-8,11-14,19-31,41-42H2,(H,43,48)(H,44,51)(H,45,49)(H,46,47)/t35-/m0/s1. The van der Waals surface area contributed by atoms with E-state index in [4.69, 9.17) is 35.3 Å². The molecule has 56 heavy (non-hydrogen) atoms. The van der Waals surface area contributed by atoms with Crippen LogP contribution in [0.4, 0.5) is 0 Å². The van der Waals surface area contributed by atoms with Gasteiger partial charge in [0.1, 0.15) is 19.3 Å². The van der Waals surface area contributed by atoms with Gasteiger partial charge >= 0.3 is 5.97 Å². The summed E-state index contributed by atoms with van der Waals surface area (Å²) in [7, 11) is 0. The van der Waals surface area contributed by atoms with Crippen molar-refractivity contribution in [2.24, 2.45) is 11.5 Å². The van der Waals surface area contributed by atoms with Crippen LogP contribution in [0.15, 0.2) is 54.6 Å². The van der Waals surface area contributed by atoms with Crippen LogP contribution in [0.2, 0.25) is 0 Å². The van der Waals surface area contributed by atoms with Crippen LogP contribution < -0.4 is 32.9 Å². The first kappa shape index (κ1) is 47.7. The number of carbonyl (C=O) groups excluding carboxylic acids is 5. The Bertz CT molecular complexity index is 1380. The summed E-state index contributed by atoms with van der Waals surface area (Å²) >= 11 is 0. The summed E-state index contributed by atoms with van der Waals surface area (Å²) in [5.41, 5.74) is 16.3. The van der Waals surface area contributed by atoms with Gasteiger partial charge in [-0.2, -0.15) is 5.48 Å². The molecule has 0 heterocycles. The maximum absolute atomic E-state index is 13.0. The largest absolute Gasteiger partial charge is 0.378 e. The fraction of sp³-hybridized carbons (Fsp3) is 0.575.